The Labute approximate surface area is 109 Å². The van der Waals surface area contributed by atoms with Gasteiger partial charge in [0.2, 0.25) is 5.91 Å². The molecule has 98 valence electrons. The molecular weight excluding hydrogens is 260 g/mol. The van der Waals surface area contributed by atoms with E-state index in [0.717, 1.165) is 0 Å². The Balaban J connectivity index is 3.05. The number of rotatable bonds is 5. The molecule has 0 saturated heterocycles. The summed E-state index contributed by atoms with van der Waals surface area (Å²) in [5.74, 6) is 0.0987. The Bertz CT molecular complexity index is 466. The highest BCUT2D eigenvalue weighted by Crippen LogP contribution is 2.22. The molecule has 1 heterocycles. The van der Waals surface area contributed by atoms with Crippen LogP contribution in [0.5, 0.6) is 0 Å². The standard InChI is InChI=1S/C10H13ClN4O3/c1-3-14(6-10(16)12-2)9-5-7(15(17)18)4-8(11)13-9/h4-5H,3,6H2,1-2H3,(H,12,16). The minimum Gasteiger partial charge on any atom is -0.358 e. The molecule has 0 fully saturated rings. The second-order valence-corrected chi connectivity index (χ2v) is 3.84. The Morgan fingerprint density at radius 1 is 1.61 bits per heavy atom. The summed E-state index contributed by atoms with van der Waals surface area (Å²) in [6.45, 7) is 2.37. The third kappa shape index (κ3) is 3.56. The molecule has 1 aromatic rings. The highest BCUT2D eigenvalue weighted by atomic mass is 35.5. The van der Waals surface area contributed by atoms with E-state index in [2.05, 4.69) is 10.3 Å². The molecule has 0 spiro atoms. The normalized spacial score (nSPS) is 9.94. The van der Waals surface area contributed by atoms with Crippen LogP contribution in [-0.2, 0) is 4.79 Å². The van der Waals surface area contributed by atoms with Crippen molar-refractivity contribution in [3.63, 3.8) is 0 Å². The van der Waals surface area contributed by atoms with Gasteiger partial charge in [-0.05, 0) is 6.92 Å². The van der Waals surface area contributed by atoms with E-state index in [1.54, 1.807) is 4.90 Å². The first kappa shape index (κ1) is 14.2. The van der Waals surface area contributed by atoms with E-state index in [4.69, 9.17) is 11.6 Å². The van der Waals surface area contributed by atoms with Crippen LogP contribution in [0.25, 0.3) is 0 Å². The SMILES string of the molecule is CCN(CC(=O)NC)c1cc([N+](=O)[O-])cc(Cl)n1. The van der Waals surface area contributed by atoms with Crippen molar-refractivity contribution in [1.82, 2.24) is 10.3 Å². The van der Waals surface area contributed by atoms with E-state index in [9.17, 15) is 14.9 Å². The van der Waals surface area contributed by atoms with Crippen molar-refractivity contribution in [3.8, 4) is 0 Å². The van der Waals surface area contributed by atoms with Gasteiger partial charge in [0.15, 0.2) is 0 Å². The molecule has 0 saturated carbocycles. The van der Waals surface area contributed by atoms with Gasteiger partial charge in [0, 0.05) is 13.6 Å². The van der Waals surface area contributed by atoms with Crippen LogP contribution < -0.4 is 10.2 Å². The molecule has 8 heteroatoms. The van der Waals surface area contributed by atoms with Crippen LogP contribution in [0.4, 0.5) is 11.5 Å². The van der Waals surface area contributed by atoms with Crippen LogP contribution in [0.2, 0.25) is 5.15 Å². The van der Waals surface area contributed by atoms with Crippen molar-refractivity contribution in [1.29, 1.82) is 0 Å². The molecule has 0 aliphatic rings. The van der Waals surface area contributed by atoms with Crippen LogP contribution in [0.1, 0.15) is 6.92 Å². The topological polar surface area (TPSA) is 88.4 Å². The molecule has 0 aromatic carbocycles. The van der Waals surface area contributed by atoms with Crippen molar-refractivity contribution in [3.05, 3.63) is 27.4 Å². The molecule has 0 bridgehead atoms. The maximum atomic E-state index is 11.3. The highest BCUT2D eigenvalue weighted by Gasteiger charge is 2.16. The van der Waals surface area contributed by atoms with Gasteiger partial charge in [0.1, 0.15) is 11.0 Å². The molecule has 0 unspecified atom stereocenters. The molecular formula is C10H13ClN4O3. The summed E-state index contributed by atoms with van der Waals surface area (Å²) in [7, 11) is 1.52. The molecule has 0 aliphatic heterocycles. The number of nitrogens with zero attached hydrogens (tertiary/aromatic N) is 3. The van der Waals surface area contributed by atoms with Gasteiger partial charge in [-0.1, -0.05) is 11.6 Å². The second-order valence-electron chi connectivity index (χ2n) is 3.45. The van der Waals surface area contributed by atoms with Gasteiger partial charge >= 0.3 is 0 Å². The smallest absolute Gasteiger partial charge is 0.276 e. The number of carbonyl (C=O) groups is 1. The Kier molecular flexibility index (Phi) is 4.85. The van der Waals surface area contributed by atoms with Crippen LogP contribution in [0.3, 0.4) is 0 Å². The van der Waals surface area contributed by atoms with E-state index in [1.165, 1.54) is 19.2 Å². The van der Waals surface area contributed by atoms with Crippen LogP contribution in [0.15, 0.2) is 12.1 Å². The van der Waals surface area contributed by atoms with E-state index < -0.39 is 4.92 Å². The van der Waals surface area contributed by atoms with Gasteiger partial charge in [-0.3, -0.25) is 14.9 Å². The number of hydrogen-bond acceptors (Lipinski definition) is 5. The number of carbonyl (C=O) groups excluding carboxylic acids is 1. The summed E-state index contributed by atoms with van der Waals surface area (Å²) >= 11 is 5.72. The van der Waals surface area contributed by atoms with Gasteiger partial charge in [0.25, 0.3) is 5.69 Å². The number of nitrogens with one attached hydrogen (secondary N) is 1. The number of amides is 1. The van der Waals surface area contributed by atoms with Crippen molar-refractivity contribution in [2.24, 2.45) is 0 Å². The molecule has 0 atom stereocenters. The van der Waals surface area contributed by atoms with Crippen LogP contribution in [-0.4, -0.2) is 36.0 Å². The zero-order chi connectivity index (χ0) is 13.7. The van der Waals surface area contributed by atoms with E-state index in [1.807, 2.05) is 6.92 Å². The third-order valence-corrected chi connectivity index (χ3v) is 2.49. The fourth-order valence-corrected chi connectivity index (χ4v) is 1.54. The number of likely N-dealkylation sites (N-methyl/N-ethyl adjacent to an activating group) is 2. The first-order valence-corrected chi connectivity index (χ1v) is 5.63. The predicted octanol–water partition coefficient (Wildman–Crippen LogP) is 1.22. The summed E-state index contributed by atoms with van der Waals surface area (Å²) in [4.78, 5) is 27.1. The molecule has 0 aliphatic carbocycles. The average Bonchev–Trinajstić information content (AvgIpc) is 2.34. The zero-order valence-electron chi connectivity index (χ0n) is 10.0. The average molecular weight is 273 g/mol. The molecule has 1 aromatic heterocycles. The maximum Gasteiger partial charge on any atom is 0.276 e. The molecule has 1 amide bonds. The third-order valence-electron chi connectivity index (χ3n) is 2.30. The van der Waals surface area contributed by atoms with Gasteiger partial charge in [0.05, 0.1) is 23.6 Å². The fourth-order valence-electron chi connectivity index (χ4n) is 1.34. The van der Waals surface area contributed by atoms with Gasteiger partial charge in [-0.2, -0.15) is 0 Å². The van der Waals surface area contributed by atoms with Crippen molar-refractivity contribution in [2.75, 3.05) is 25.0 Å². The molecule has 0 radical (unpaired) electrons. The lowest BCUT2D eigenvalue weighted by Crippen LogP contribution is -2.36. The lowest BCUT2D eigenvalue weighted by Gasteiger charge is -2.20. The lowest BCUT2D eigenvalue weighted by atomic mass is 10.3. The Morgan fingerprint density at radius 3 is 2.78 bits per heavy atom. The summed E-state index contributed by atoms with van der Waals surface area (Å²) in [5, 5.41) is 13.2. The highest BCUT2D eigenvalue weighted by molar-refractivity contribution is 6.29. The zero-order valence-corrected chi connectivity index (χ0v) is 10.8. The van der Waals surface area contributed by atoms with Crippen LogP contribution >= 0.6 is 11.6 Å². The van der Waals surface area contributed by atoms with Crippen molar-refractivity contribution < 1.29 is 9.72 Å². The second kappa shape index (κ2) is 6.15. The Hall–Kier alpha value is -1.89. The number of nitro groups is 1. The quantitative estimate of drug-likeness (QED) is 0.494. The number of halogens is 1. The molecule has 1 rings (SSSR count). The largest absolute Gasteiger partial charge is 0.358 e. The maximum absolute atomic E-state index is 11.3. The van der Waals surface area contributed by atoms with E-state index >= 15 is 0 Å². The first-order chi connectivity index (χ1) is 8.47. The van der Waals surface area contributed by atoms with Crippen molar-refractivity contribution in [2.45, 2.75) is 6.92 Å². The van der Waals surface area contributed by atoms with Gasteiger partial charge < -0.3 is 10.2 Å². The minimum atomic E-state index is -0.551. The minimum absolute atomic E-state index is 0.0227. The van der Waals surface area contributed by atoms with E-state index in [0.29, 0.717) is 12.4 Å². The van der Waals surface area contributed by atoms with Crippen LogP contribution in [0, 0.1) is 10.1 Å². The fraction of sp³-hybridized carbons (Fsp3) is 0.400. The molecule has 18 heavy (non-hydrogen) atoms. The number of pyridine rings is 1. The summed E-state index contributed by atoms with van der Waals surface area (Å²) in [6, 6.07) is 2.46. The van der Waals surface area contributed by atoms with Crippen molar-refractivity contribution >= 4 is 29.0 Å². The summed E-state index contributed by atoms with van der Waals surface area (Å²) in [5.41, 5.74) is -0.152. The van der Waals surface area contributed by atoms with Gasteiger partial charge in [-0.15, -0.1) is 0 Å². The summed E-state index contributed by atoms with van der Waals surface area (Å²) < 4.78 is 0. The summed E-state index contributed by atoms with van der Waals surface area (Å²) in [6.07, 6.45) is 0. The Morgan fingerprint density at radius 2 is 2.28 bits per heavy atom. The lowest BCUT2D eigenvalue weighted by molar-refractivity contribution is -0.384. The molecule has 7 nitrogen and oxygen atoms in total. The number of anilines is 1. The monoisotopic (exact) mass is 272 g/mol. The molecule has 1 N–H and O–H groups in total. The number of hydrogen-bond donors (Lipinski definition) is 1. The van der Waals surface area contributed by atoms with E-state index in [-0.39, 0.29) is 23.3 Å². The first-order valence-electron chi connectivity index (χ1n) is 5.25. The number of aromatic nitrogens is 1. The predicted molar refractivity (Wildman–Crippen MR) is 67.9 cm³/mol. The van der Waals surface area contributed by atoms with Gasteiger partial charge in [-0.25, -0.2) is 4.98 Å².